The van der Waals surface area contributed by atoms with Gasteiger partial charge < -0.3 is 4.74 Å². The van der Waals surface area contributed by atoms with Crippen molar-refractivity contribution in [1.82, 2.24) is 0 Å². The molecular weight excluding hydrogens is 219 g/mol. The van der Waals surface area contributed by atoms with Crippen molar-refractivity contribution in [3.8, 4) is 5.75 Å². The summed E-state index contributed by atoms with van der Waals surface area (Å²) in [4.78, 5) is 11.7. The first-order valence-electron chi connectivity index (χ1n) is 5.20. The van der Waals surface area contributed by atoms with Crippen LogP contribution in [-0.4, -0.2) is 5.97 Å². The normalized spacial score (nSPS) is 10.0. The van der Waals surface area contributed by atoms with Gasteiger partial charge >= 0.3 is 5.97 Å². The highest BCUT2D eigenvalue weighted by molar-refractivity contribution is 5.91. The summed E-state index contributed by atoms with van der Waals surface area (Å²) in [6.45, 7) is 1.85. The molecule has 0 N–H and O–H groups in total. The van der Waals surface area contributed by atoms with Crippen LogP contribution in [0.5, 0.6) is 5.75 Å². The van der Waals surface area contributed by atoms with Gasteiger partial charge in [-0.05, 0) is 42.8 Å². The Morgan fingerprint density at radius 1 is 1.06 bits per heavy atom. The highest BCUT2D eigenvalue weighted by Gasteiger charge is 2.09. The smallest absolute Gasteiger partial charge is 0.343 e. The van der Waals surface area contributed by atoms with E-state index in [0.717, 1.165) is 5.56 Å². The van der Waals surface area contributed by atoms with Gasteiger partial charge in [-0.25, -0.2) is 9.18 Å². The highest BCUT2D eigenvalue weighted by atomic mass is 19.1. The predicted molar refractivity (Wildman–Crippen MR) is 62.5 cm³/mol. The third kappa shape index (κ3) is 2.69. The van der Waals surface area contributed by atoms with Crippen LogP contribution in [0.2, 0.25) is 0 Å². The summed E-state index contributed by atoms with van der Waals surface area (Å²) in [6, 6.07) is 12.5. The Bertz CT molecular complexity index is 532. The molecule has 2 aromatic rings. The quantitative estimate of drug-likeness (QED) is 0.584. The second-order valence-electron chi connectivity index (χ2n) is 3.66. The summed E-state index contributed by atoms with van der Waals surface area (Å²) in [5, 5.41) is 0. The molecule has 0 bridgehead atoms. The fourth-order valence-electron chi connectivity index (χ4n) is 1.42. The van der Waals surface area contributed by atoms with Gasteiger partial charge in [-0.2, -0.15) is 0 Å². The van der Waals surface area contributed by atoms with E-state index in [1.165, 1.54) is 24.3 Å². The van der Waals surface area contributed by atoms with Crippen molar-refractivity contribution in [2.45, 2.75) is 6.92 Å². The van der Waals surface area contributed by atoms with Crippen molar-refractivity contribution in [1.29, 1.82) is 0 Å². The van der Waals surface area contributed by atoms with Gasteiger partial charge in [0.25, 0.3) is 0 Å². The SMILES string of the molecule is Cc1ccccc1OC(=O)c1ccc(F)cc1. The molecule has 0 aliphatic rings. The van der Waals surface area contributed by atoms with Crippen LogP contribution in [0.15, 0.2) is 48.5 Å². The largest absolute Gasteiger partial charge is 0.423 e. The number of hydrogen-bond donors (Lipinski definition) is 0. The molecule has 0 saturated carbocycles. The minimum absolute atomic E-state index is 0.328. The molecule has 0 aliphatic carbocycles. The maximum absolute atomic E-state index is 12.7. The lowest BCUT2D eigenvalue weighted by molar-refractivity contribution is 0.0733. The van der Waals surface area contributed by atoms with E-state index in [0.29, 0.717) is 11.3 Å². The first-order valence-corrected chi connectivity index (χ1v) is 5.20. The van der Waals surface area contributed by atoms with E-state index in [1.807, 2.05) is 19.1 Å². The molecule has 0 aliphatic heterocycles. The number of benzene rings is 2. The average molecular weight is 230 g/mol. The van der Waals surface area contributed by atoms with Crippen LogP contribution >= 0.6 is 0 Å². The van der Waals surface area contributed by atoms with Gasteiger partial charge in [-0.15, -0.1) is 0 Å². The van der Waals surface area contributed by atoms with Crippen LogP contribution in [0.1, 0.15) is 15.9 Å². The Morgan fingerprint density at radius 2 is 1.71 bits per heavy atom. The van der Waals surface area contributed by atoms with Gasteiger partial charge in [0, 0.05) is 0 Å². The molecule has 0 spiro atoms. The zero-order chi connectivity index (χ0) is 12.3. The highest BCUT2D eigenvalue weighted by Crippen LogP contribution is 2.17. The van der Waals surface area contributed by atoms with E-state index in [1.54, 1.807) is 12.1 Å². The van der Waals surface area contributed by atoms with Crippen LogP contribution in [0, 0.1) is 12.7 Å². The van der Waals surface area contributed by atoms with Crippen molar-refractivity contribution in [2.24, 2.45) is 0 Å². The molecule has 0 unspecified atom stereocenters. The Hall–Kier alpha value is -2.16. The number of carbonyl (C=O) groups is 1. The lowest BCUT2D eigenvalue weighted by Gasteiger charge is -2.06. The van der Waals surface area contributed by atoms with Crippen LogP contribution in [-0.2, 0) is 0 Å². The summed E-state index contributed by atoms with van der Waals surface area (Å²) in [7, 11) is 0. The number of carbonyl (C=O) groups excluding carboxylic acids is 1. The molecule has 0 aromatic heterocycles. The number of aryl methyl sites for hydroxylation is 1. The lowest BCUT2D eigenvalue weighted by atomic mass is 10.2. The number of para-hydroxylation sites is 1. The topological polar surface area (TPSA) is 26.3 Å². The summed E-state index contributed by atoms with van der Waals surface area (Å²) < 4.78 is 17.9. The molecule has 0 heterocycles. The summed E-state index contributed by atoms with van der Waals surface area (Å²) in [5.41, 5.74) is 1.21. The monoisotopic (exact) mass is 230 g/mol. The summed E-state index contributed by atoms with van der Waals surface area (Å²) in [5.74, 6) is -0.349. The van der Waals surface area contributed by atoms with E-state index in [9.17, 15) is 9.18 Å². The number of esters is 1. The van der Waals surface area contributed by atoms with Crippen LogP contribution in [0.25, 0.3) is 0 Å². The molecule has 0 radical (unpaired) electrons. The molecule has 0 amide bonds. The van der Waals surface area contributed by atoms with Gasteiger partial charge in [0.15, 0.2) is 0 Å². The second-order valence-corrected chi connectivity index (χ2v) is 3.66. The second kappa shape index (κ2) is 4.78. The van der Waals surface area contributed by atoms with Gasteiger partial charge in [0.2, 0.25) is 0 Å². The fourth-order valence-corrected chi connectivity index (χ4v) is 1.42. The minimum Gasteiger partial charge on any atom is -0.423 e. The molecule has 0 atom stereocenters. The van der Waals surface area contributed by atoms with Crippen molar-refractivity contribution in [3.63, 3.8) is 0 Å². The maximum atomic E-state index is 12.7. The molecule has 2 rings (SSSR count). The van der Waals surface area contributed by atoms with Crippen molar-refractivity contribution in [3.05, 3.63) is 65.5 Å². The number of ether oxygens (including phenoxy) is 1. The van der Waals surface area contributed by atoms with Crippen LogP contribution in [0.4, 0.5) is 4.39 Å². The Morgan fingerprint density at radius 3 is 2.35 bits per heavy atom. The van der Waals surface area contributed by atoms with Crippen LogP contribution < -0.4 is 4.74 Å². The number of halogens is 1. The van der Waals surface area contributed by atoms with Gasteiger partial charge in [-0.1, -0.05) is 18.2 Å². The molecule has 2 nitrogen and oxygen atoms in total. The van der Waals surface area contributed by atoms with E-state index in [2.05, 4.69) is 0 Å². The summed E-state index contributed by atoms with van der Waals surface area (Å²) in [6.07, 6.45) is 0. The number of rotatable bonds is 2. The fraction of sp³-hybridized carbons (Fsp3) is 0.0714. The van der Waals surface area contributed by atoms with Gasteiger partial charge in [0.1, 0.15) is 11.6 Å². The third-order valence-electron chi connectivity index (χ3n) is 2.38. The van der Waals surface area contributed by atoms with Gasteiger partial charge in [-0.3, -0.25) is 0 Å². The maximum Gasteiger partial charge on any atom is 0.343 e. The molecular formula is C14H11FO2. The lowest BCUT2D eigenvalue weighted by Crippen LogP contribution is -2.09. The zero-order valence-electron chi connectivity index (χ0n) is 9.31. The third-order valence-corrected chi connectivity index (χ3v) is 2.38. The molecule has 0 saturated heterocycles. The first kappa shape index (κ1) is 11.3. The number of hydrogen-bond acceptors (Lipinski definition) is 2. The molecule has 17 heavy (non-hydrogen) atoms. The average Bonchev–Trinajstić information content (AvgIpc) is 2.33. The van der Waals surface area contributed by atoms with Crippen molar-refractivity contribution in [2.75, 3.05) is 0 Å². The predicted octanol–water partition coefficient (Wildman–Crippen LogP) is 3.35. The van der Waals surface area contributed by atoms with Crippen molar-refractivity contribution < 1.29 is 13.9 Å². The standard InChI is InChI=1S/C14H11FO2/c1-10-4-2-3-5-13(10)17-14(16)11-6-8-12(15)9-7-11/h2-9H,1H3. The van der Waals surface area contributed by atoms with E-state index < -0.39 is 5.97 Å². The Balaban J connectivity index is 2.17. The first-order chi connectivity index (χ1) is 8.16. The zero-order valence-corrected chi connectivity index (χ0v) is 9.31. The minimum atomic E-state index is -0.487. The Labute approximate surface area is 98.7 Å². The molecule has 86 valence electrons. The van der Waals surface area contributed by atoms with E-state index in [4.69, 9.17) is 4.74 Å². The van der Waals surface area contributed by atoms with E-state index >= 15 is 0 Å². The van der Waals surface area contributed by atoms with Crippen molar-refractivity contribution >= 4 is 5.97 Å². The van der Waals surface area contributed by atoms with Crippen LogP contribution in [0.3, 0.4) is 0 Å². The Kier molecular flexibility index (Phi) is 3.19. The summed E-state index contributed by atoms with van der Waals surface area (Å²) >= 11 is 0. The molecule has 3 heteroatoms. The molecule has 2 aromatic carbocycles. The molecule has 0 fully saturated rings. The van der Waals surface area contributed by atoms with Gasteiger partial charge in [0.05, 0.1) is 5.56 Å². The van der Waals surface area contributed by atoms with E-state index in [-0.39, 0.29) is 5.82 Å².